The molecule has 0 aliphatic rings. The van der Waals surface area contributed by atoms with Gasteiger partial charge in [-0.05, 0) is 25.1 Å². The van der Waals surface area contributed by atoms with Crippen LogP contribution < -0.4 is 4.72 Å². The van der Waals surface area contributed by atoms with Gasteiger partial charge in [0.15, 0.2) is 9.84 Å². The molecule has 0 amide bonds. The fraction of sp³-hybridized carbons (Fsp3) is 0.400. The molecule has 19 heavy (non-hydrogen) atoms. The molecule has 5 nitrogen and oxygen atoms in total. The molecule has 0 aliphatic carbocycles. The molecule has 0 saturated heterocycles. The summed E-state index contributed by atoms with van der Waals surface area (Å²) in [6, 6.07) is 2.59. The summed E-state index contributed by atoms with van der Waals surface area (Å²) >= 11 is 5.60. The second-order valence-corrected chi connectivity index (χ2v) is 8.49. The summed E-state index contributed by atoms with van der Waals surface area (Å²) in [4.78, 5) is -0.985. The lowest BCUT2D eigenvalue weighted by Crippen LogP contribution is -2.29. The van der Waals surface area contributed by atoms with Crippen molar-refractivity contribution in [1.82, 2.24) is 4.72 Å². The molecular weight excluding hydrogens is 317 g/mol. The highest BCUT2D eigenvalue weighted by atomic mass is 35.5. The normalized spacial score (nSPS) is 14.3. The Morgan fingerprint density at radius 3 is 2.37 bits per heavy atom. The minimum absolute atomic E-state index is 0.0908. The quantitative estimate of drug-likeness (QED) is 0.649. The third-order valence-electron chi connectivity index (χ3n) is 2.17. The summed E-state index contributed by atoms with van der Waals surface area (Å²) < 4.78 is 62.0. The third-order valence-corrected chi connectivity index (χ3v) is 4.88. The Labute approximate surface area is 116 Å². The van der Waals surface area contributed by atoms with Crippen molar-refractivity contribution in [3.8, 4) is 0 Å². The van der Waals surface area contributed by atoms with E-state index in [4.69, 9.17) is 11.6 Å². The molecule has 1 unspecified atom stereocenters. The van der Waals surface area contributed by atoms with Gasteiger partial charge in [-0.3, -0.25) is 0 Å². The minimum Gasteiger partial charge on any atom is -0.224 e. The first-order chi connectivity index (χ1) is 8.54. The zero-order valence-corrected chi connectivity index (χ0v) is 12.6. The molecule has 1 N–H and O–H groups in total. The highest BCUT2D eigenvalue weighted by Crippen LogP contribution is 2.19. The van der Waals surface area contributed by atoms with Gasteiger partial charge in [0.2, 0.25) is 10.0 Å². The van der Waals surface area contributed by atoms with Gasteiger partial charge in [-0.15, -0.1) is 11.6 Å². The van der Waals surface area contributed by atoms with E-state index in [9.17, 15) is 21.2 Å². The van der Waals surface area contributed by atoms with Crippen LogP contribution in [-0.4, -0.2) is 35.0 Å². The Morgan fingerprint density at radius 1 is 1.32 bits per heavy atom. The average Bonchev–Trinajstić information content (AvgIpc) is 2.25. The molecule has 0 bridgehead atoms. The molecule has 0 spiro atoms. The molecule has 1 rings (SSSR count). The summed E-state index contributed by atoms with van der Waals surface area (Å²) in [5.41, 5.74) is 0. The van der Waals surface area contributed by atoms with Gasteiger partial charge in [-0.2, -0.15) is 0 Å². The molecule has 0 aliphatic heterocycles. The molecule has 9 heteroatoms. The molecule has 0 radical (unpaired) electrons. The van der Waals surface area contributed by atoms with E-state index < -0.39 is 36.0 Å². The molecule has 1 atom stereocenters. The monoisotopic (exact) mass is 329 g/mol. The number of rotatable bonds is 5. The Bertz CT molecular complexity index is 671. The Morgan fingerprint density at radius 2 is 1.89 bits per heavy atom. The van der Waals surface area contributed by atoms with Crippen LogP contribution in [0.5, 0.6) is 0 Å². The minimum atomic E-state index is -4.14. The van der Waals surface area contributed by atoms with Crippen molar-refractivity contribution < 1.29 is 21.2 Å². The van der Waals surface area contributed by atoms with E-state index in [1.807, 2.05) is 0 Å². The molecule has 1 aromatic carbocycles. The maximum atomic E-state index is 13.5. The predicted molar refractivity (Wildman–Crippen MR) is 70.0 cm³/mol. The Kier molecular flexibility index (Phi) is 4.94. The van der Waals surface area contributed by atoms with Crippen LogP contribution in [0.15, 0.2) is 28.0 Å². The van der Waals surface area contributed by atoms with Gasteiger partial charge < -0.3 is 0 Å². The molecule has 0 fully saturated rings. The van der Waals surface area contributed by atoms with Crippen LogP contribution in [0.1, 0.15) is 6.92 Å². The van der Waals surface area contributed by atoms with Gasteiger partial charge >= 0.3 is 0 Å². The molecule has 0 saturated carbocycles. The number of sulfonamides is 1. The smallest absolute Gasteiger partial charge is 0.224 e. The number of nitrogens with one attached hydrogen (secondary N) is 1. The van der Waals surface area contributed by atoms with E-state index in [1.165, 1.54) is 0 Å². The van der Waals surface area contributed by atoms with Gasteiger partial charge in [0, 0.05) is 18.2 Å². The lowest BCUT2D eigenvalue weighted by molar-refractivity contribution is 0.555. The average molecular weight is 330 g/mol. The van der Waals surface area contributed by atoms with E-state index in [2.05, 4.69) is 4.72 Å². The largest absolute Gasteiger partial charge is 0.243 e. The second kappa shape index (κ2) is 5.74. The maximum absolute atomic E-state index is 13.5. The fourth-order valence-electron chi connectivity index (χ4n) is 1.22. The summed E-state index contributed by atoms with van der Waals surface area (Å²) in [5, 5.41) is -0.476. The van der Waals surface area contributed by atoms with Crippen LogP contribution in [0.4, 0.5) is 4.39 Å². The SMILES string of the molecule is CC(Cl)CNS(=O)(=O)c1cc(S(C)(=O)=O)ccc1F. The van der Waals surface area contributed by atoms with Gasteiger partial charge in [-0.25, -0.2) is 25.9 Å². The molecule has 108 valence electrons. The van der Waals surface area contributed by atoms with Crippen molar-refractivity contribution in [2.45, 2.75) is 22.1 Å². The molecule has 0 heterocycles. The first-order valence-corrected chi connectivity index (χ1v) is 8.98. The maximum Gasteiger partial charge on any atom is 0.243 e. The van der Waals surface area contributed by atoms with Crippen LogP contribution in [0.25, 0.3) is 0 Å². The van der Waals surface area contributed by atoms with Crippen molar-refractivity contribution in [2.75, 3.05) is 12.8 Å². The Hall–Kier alpha value is -0.700. The van der Waals surface area contributed by atoms with Crippen LogP contribution in [0, 0.1) is 5.82 Å². The highest BCUT2D eigenvalue weighted by Gasteiger charge is 2.22. The predicted octanol–water partition coefficient (Wildman–Crippen LogP) is 1.13. The van der Waals surface area contributed by atoms with Crippen LogP contribution in [0.2, 0.25) is 0 Å². The van der Waals surface area contributed by atoms with E-state index >= 15 is 0 Å². The number of halogens is 2. The number of hydrogen-bond acceptors (Lipinski definition) is 4. The summed E-state index contributed by atoms with van der Waals surface area (Å²) in [6.07, 6.45) is 0.908. The fourth-order valence-corrected chi connectivity index (χ4v) is 3.34. The highest BCUT2D eigenvalue weighted by molar-refractivity contribution is 7.91. The lowest BCUT2D eigenvalue weighted by Gasteiger charge is -2.09. The first-order valence-electron chi connectivity index (χ1n) is 5.17. The van der Waals surface area contributed by atoms with Crippen LogP contribution in [0.3, 0.4) is 0 Å². The van der Waals surface area contributed by atoms with Gasteiger partial charge in [0.1, 0.15) is 10.7 Å². The van der Waals surface area contributed by atoms with Crippen LogP contribution in [-0.2, 0) is 19.9 Å². The van der Waals surface area contributed by atoms with Crippen molar-refractivity contribution in [1.29, 1.82) is 0 Å². The van der Waals surface area contributed by atoms with E-state index in [1.54, 1.807) is 6.92 Å². The van der Waals surface area contributed by atoms with Gasteiger partial charge in [0.25, 0.3) is 0 Å². The van der Waals surface area contributed by atoms with E-state index in [0.717, 1.165) is 24.5 Å². The van der Waals surface area contributed by atoms with Crippen molar-refractivity contribution in [3.05, 3.63) is 24.0 Å². The van der Waals surface area contributed by atoms with Gasteiger partial charge in [0.05, 0.1) is 4.90 Å². The standard InChI is InChI=1S/C10H13ClFNO4S2/c1-7(11)6-13-19(16,17)10-5-8(18(2,14)15)3-4-9(10)12/h3-5,7,13H,6H2,1-2H3. The van der Waals surface area contributed by atoms with Gasteiger partial charge in [-0.1, -0.05) is 0 Å². The number of hydrogen-bond donors (Lipinski definition) is 1. The number of sulfone groups is 1. The van der Waals surface area contributed by atoms with Crippen molar-refractivity contribution >= 4 is 31.5 Å². The first kappa shape index (κ1) is 16.4. The van der Waals surface area contributed by atoms with Crippen molar-refractivity contribution in [3.63, 3.8) is 0 Å². The summed E-state index contributed by atoms with van der Waals surface area (Å²) in [7, 11) is -7.76. The molecule has 1 aromatic rings. The second-order valence-electron chi connectivity index (χ2n) is 4.00. The Balaban J connectivity index is 3.27. The lowest BCUT2D eigenvalue weighted by atomic mass is 10.3. The zero-order valence-electron chi connectivity index (χ0n) is 10.2. The summed E-state index contributed by atoms with van der Waals surface area (Å²) in [6.45, 7) is 1.47. The van der Waals surface area contributed by atoms with Crippen molar-refractivity contribution in [2.24, 2.45) is 0 Å². The molecule has 0 aromatic heterocycles. The van der Waals surface area contributed by atoms with E-state index in [-0.39, 0.29) is 11.4 Å². The topological polar surface area (TPSA) is 80.3 Å². The zero-order chi connectivity index (χ0) is 14.8. The summed E-state index contributed by atoms with van der Waals surface area (Å²) in [5.74, 6) is -1.03. The van der Waals surface area contributed by atoms with Crippen LogP contribution >= 0.6 is 11.6 Å². The number of benzene rings is 1. The third kappa shape index (κ3) is 4.41. The van der Waals surface area contributed by atoms with E-state index in [0.29, 0.717) is 0 Å². The molecular formula is C10H13ClFNO4S2. The number of alkyl halides is 1.